The summed E-state index contributed by atoms with van der Waals surface area (Å²) < 4.78 is 0. The zero-order valence-corrected chi connectivity index (χ0v) is 13.0. The van der Waals surface area contributed by atoms with Gasteiger partial charge in [-0.05, 0) is 26.7 Å². The minimum absolute atomic E-state index is 0.118. The van der Waals surface area contributed by atoms with Crippen LogP contribution in [0.1, 0.15) is 46.5 Å². The Balaban J connectivity index is 4.44. The predicted molar refractivity (Wildman–Crippen MR) is 78.9 cm³/mol. The second-order valence-electron chi connectivity index (χ2n) is 5.45. The molecule has 0 fully saturated rings. The van der Waals surface area contributed by atoms with Crippen LogP contribution in [0.3, 0.4) is 0 Å². The summed E-state index contributed by atoms with van der Waals surface area (Å²) in [6.07, 6.45) is 3.54. The molecule has 0 bridgehead atoms. The van der Waals surface area contributed by atoms with Crippen molar-refractivity contribution in [3.8, 4) is 0 Å². The molecule has 0 saturated heterocycles. The molecule has 0 aliphatic heterocycles. The molecule has 0 aliphatic carbocycles. The average molecular weight is 299 g/mol. The molecule has 21 heavy (non-hydrogen) atoms. The van der Waals surface area contributed by atoms with Crippen molar-refractivity contribution in [3.63, 3.8) is 0 Å². The van der Waals surface area contributed by atoms with Crippen molar-refractivity contribution in [1.29, 1.82) is 0 Å². The molecule has 0 aromatic rings. The molecule has 2 N–H and O–H groups in total. The number of rotatable bonds is 10. The maximum absolute atomic E-state index is 12.0. The van der Waals surface area contributed by atoms with Gasteiger partial charge in [-0.15, -0.1) is 0 Å². The van der Waals surface area contributed by atoms with Crippen molar-refractivity contribution < 1.29 is 24.6 Å². The minimum atomic E-state index is -0.934. The van der Waals surface area contributed by atoms with E-state index in [-0.39, 0.29) is 18.9 Å². The van der Waals surface area contributed by atoms with E-state index in [4.69, 9.17) is 10.2 Å². The number of amides is 1. The van der Waals surface area contributed by atoms with Gasteiger partial charge in [-0.3, -0.25) is 14.4 Å². The van der Waals surface area contributed by atoms with Crippen LogP contribution in [0, 0.1) is 5.92 Å². The Bertz CT molecular complexity index is 399. The third-order valence-corrected chi connectivity index (χ3v) is 2.96. The molecule has 0 aromatic carbocycles. The molecule has 0 radical (unpaired) electrons. The Hall–Kier alpha value is -1.85. The summed E-state index contributed by atoms with van der Waals surface area (Å²) in [4.78, 5) is 34.9. The highest BCUT2D eigenvalue weighted by molar-refractivity contribution is 5.88. The zero-order chi connectivity index (χ0) is 16.4. The van der Waals surface area contributed by atoms with Gasteiger partial charge in [-0.2, -0.15) is 0 Å². The summed E-state index contributed by atoms with van der Waals surface area (Å²) in [6, 6.07) is 0. The molecule has 0 rings (SSSR count). The largest absolute Gasteiger partial charge is 0.481 e. The van der Waals surface area contributed by atoms with Crippen LogP contribution >= 0.6 is 0 Å². The third kappa shape index (κ3) is 9.65. The van der Waals surface area contributed by atoms with Crippen LogP contribution < -0.4 is 0 Å². The van der Waals surface area contributed by atoms with Crippen LogP contribution in [0.4, 0.5) is 0 Å². The first kappa shape index (κ1) is 19.1. The fourth-order valence-corrected chi connectivity index (χ4v) is 1.79. The summed E-state index contributed by atoms with van der Waals surface area (Å²) >= 11 is 0. The first-order valence-corrected chi connectivity index (χ1v) is 7.12. The van der Waals surface area contributed by atoms with Crippen LogP contribution in [0.2, 0.25) is 0 Å². The lowest BCUT2D eigenvalue weighted by Gasteiger charge is -2.23. The summed E-state index contributed by atoms with van der Waals surface area (Å²) in [5.41, 5.74) is 0.860. The van der Waals surface area contributed by atoms with Gasteiger partial charge in [0.25, 0.3) is 0 Å². The number of unbranched alkanes of at least 4 members (excludes halogenated alkanes) is 2. The summed E-state index contributed by atoms with van der Waals surface area (Å²) in [6.45, 7) is 5.79. The van der Waals surface area contributed by atoms with Crippen molar-refractivity contribution >= 4 is 17.8 Å². The second-order valence-corrected chi connectivity index (χ2v) is 5.45. The number of hydrogen-bond acceptors (Lipinski definition) is 3. The fourth-order valence-electron chi connectivity index (χ4n) is 1.79. The molecule has 1 unspecified atom stereocenters. The van der Waals surface area contributed by atoms with Gasteiger partial charge in [0, 0.05) is 25.6 Å². The molecule has 0 saturated carbocycles. The maximum Gasteiger partial charge on any atom is 0.308 e. The molecular weight excluding hydrogens is 274 g/mol. The van der Waals surface area contributed by atoms with E-state index in [1.165, 1.54) is 11.0 Å². The zero-order valence-electron chi connectivity index (χ0n) is 13.0. The average Bonchev–Trinajstić information content (AvgIpc) is 2.35. The molecule has 0 aromatic heterocycles. The predicted octanol–water partition coefficient (Wildman–Crippen LogP) is 2.15. The highest BCUT2D eigenvalue weighted by atomic mass is 16.4. The molecule has 0 heterocycles. The van der Waals surface area contributed by atoms with E-state index in [0.29, 0.717) is 25.8 Å². The number of carboxylic acid groups (broad SMARTS) is 2. The summed E-state index contributed by atoms with van der Waals surface area (Å²) in [7, 11) is 0. The Morgan fingerprint density at radius 3 is 2.19 bits per heavy atom. The third-order valence-electron chi connectivity index (χ3n) is 2.96. The van der Waals surface area contributed by atoms with Crippen LogP contribution in [-0.4, -0.2) is 46.0 Å². The van der Waals surface area contributed by atoms with E-state index in [1.807, 2.05) is 13.8 Å². The first-order valence-electron chi connectivity index (χ1n) is 7.12. The molecular formula is C15H25NO5. The summed E-state index contributed by atoms with van der Waals surface area (Å²) in [5, 5.41) is 17.5. The van der Waals surface area contributed by atoms with Crippen molar-refractivity contribution in [2.75, 3.05) is 13.1 Å². The van der Waals surface area contributed by atoms with Gasteiger partial charge in [0.15, 0.2) is 0 Å². The van der Waals surface area contributed by atoms with Gasteiger partial charge in [-0.25, -0.2) is 0 Å². The Morgan fingerprint density at radius 2 is 1.71 bits per heavy atom. The van der Waals surface area contributed by atoms with Gasteiger partial charge in [0.1, 0.15) is 0 Å². The molecule has 120 valence electrons. The number of carbonyl (C=O) groups is 3. The van der Waals surface area contributed by atoms with Crippen molar-refractivity contribution in [1.82, 2.24) is 4.90 Å². The molecule has 1 atom stereocenters. The standard InChI is InChI=1S/C15H25NO5/c1-11(2)9-13(17)16(10-12(3)15(20)21)8-6-4-5-7-14(18)19/h9,12H,4-8,10H2,1-3H3,(H,18,19)(H,20,21). The van der Waals surface area contributed by atoms with Crippen molar-refractivity contribution in [2.45, 2.75) is 46.5 Å². The van der Waals surface area contributed by atoms with E-state index in [9.17, 15) is 14.4 Å². The maximum atomic E-state index is 12.0. The molecule has 1 amide bonds. The van der Waals surface area contributed by atoms with Crippen molar-refractivity contribution in [2.24, 2.45) is 5.92 Å². The Kier molecular flexibility index (Phi) is 9.08. The van der Waals surface area contributed by atoms with E-state index >= 15 is 0 Å². The normalized spacial score (nSPS) is 11.6. The van der Waals surface area contributed by atoms with Crippen molar-refractivity contribution in [3.05, 3.63) is 11.6 Å². The number of nitrogens with zero attached hydrogens (tertiary/aromatic N) is 1. The van der Waals surface area contributed by atoms with Gasteiger partial charge in [-0.1, -0.05) is 18.9 Å². The highest BCUT2D eigenvalue weighted by Crippen LogP contribution is 2.07. The van der Waals surface area contributed by atoms with Crippen LogP contribution in [0.5, 0.6) is 0 Å². The molecule has 0 spiro atoms. The van der Waals surface area contributed by atoms with Gasteiger partial charge in [0.2, 0.25) is 5.91 Å². The fraction of sp³-hybridized carbons (Fsp3) is 0.667. The first-order chi connectivity index (χ1) is 9.73. The molecule has 0 aliphatic rings. The second kappa shape index (κ2) is 9.96. The van der Waals surface area contributed by atoms with E-state index < -0.39 is 17.9 Å². The number of aliphatic carboxylic acids is 2. The monoisotopic (exact) mass is 299 g/mol. The SMILES string of the molecule is CC(C)=CC(=O)N(CCCCCC(=O)O)CC(C)C(=O)O. The number of carboxylic acids is 2. The Morgan fingerprint density at radius 1 is 1.10 bits per heavy atom. The minimum Gasteiger partial charge on any atom is -0.481 e. The molecule has 6 nitrogen and oxygen atoms in total. The van der Waals surface area contributed by atoms with E-state index in [1.54, 1.807) is 6.92 Å². The lowest BCUT2D eigenvalue weighted by atomic mass is 10.1. The smallest absolute Gasteiger partial charge is 0.308 e. The summed E-state index contributed by atoms with van der Waals surface area (Å²) in [5.74, 6) is -2.58. The lowest BCUT2D eigenvalue weighted by Crippen LogP contribution is -2.36. The van der Waals surface area contributed by atoms with Crippen LogP contribution in [0.25, 0.3) is 0 Å². The van der Waals surface area contributed by atoms with Crippen LogP contribution in [0.15, 0.2) is 11.6 Å². The van der Waals surface area contributed by atoms with E-state index in [0.717, 1.165) is 5.57 Å². The van der Waals surface area contributed by atoms with Gasteiger partial charge >= 0.3 is 11.9 Å². The number of allylic oxidation sites excluding steroid dienone is 1. The van der Waals surface area contributed by atoms with E-state index in [2.05, 4.69) is 0 Å². The molecule has 6 heteroatoms. The van der Waals surface area contributed by atoms with Gasteiger partial charge in [0.05, 0.1) is 5.92 Å². The highest BCUT2D eigenvalue weighted by Gasteiger charge is 2.19. The number of hydrogen-bond donors (Lipinski definition) is 2. The lowest BCUT2D eigenvalue weighted by molar-refractivity contribution is -0.142. The van der Waals surface area contributed by atoms with Gasteiger partial charge < -0.3 is 15.1 Å². The van der Waals surface area contributed by atoms with Crippen LogP contribution in [-0.2, 0) is 14.4 Å². The number of carbonyl (C=O) groups excluding carboxylic acids is 1. The topological polar surface area (TPSA) is 94.9 Å². The quantitative estimate of drug-likeness (QED) is 0.476. The Labute approximate surface area is 125 Å².